The molecule has 0 aliphatic carbocycles. The first-order valence-electron chi connectivity index (χ1n) is 4.44. The summed E-state index contributed by atoms with van der Waals surface area (Å²) in [6, 6.07) is 4.20. The van der Waals surface area contributed by atoms with Crippen LogP contribution in [0.25, 0.3) is 0 Å². The molecule has 0 bridgehead atoms. The van der Waals surface area contributed by atoms with Crippen molar-refractivity contribution in [2.45, 2.75) is 6.42 Å². The number of nitro groups is 1. The van der Waals surface area contributed by atoms with E-state index in [2.05, 4.69) is 4.74 Å². The van der Waals surface area contributed by atoms with Gasteiger partial charge in [0.2, 0.25) is 0 Å². The minimum absolute atomic E-state index is 0.107. The summed E-state index contributed by atoms with van der Waals surface area (Å²) in [6.07, 6.45) is -0.278. The van der Waals surface area contributed by atoms with Gasteiger partial charge in [-0.1, -0.05) is 11.6 Å². The average Bonchev–Trinajstić information content (AvgIpc) is 2.30. The molecule has 88 valence electrons. The van der Waals surface area contributed by atoms with Crippen LogP contribution < -0.4 is 0 Å². The first kappa shape index (κ1) is 12.9. The Morgan fingerprint density at radius 3 is 2.76 bits per heavy atom. The molecule has 0 N–H and O–H groups in total. The van der Waals surface area contributed by atoms with Crippen molar-refractivity contribution in [1.29, 1.82) is 5.26 Å². The van der Waals surface area contributed by atoms with Gasteiger partial charge in [-0.15, -0.1) is 0 Å². The zero-order chi connectivity index (χ0) is 13.0. The lowest BCUT2D eigenvalue weighted by atomic mass is 10.0. The second kappa shape index (κ2) is 5.27. The maximum atomic E-state index is 11.1. The van der Waals surface area contributed by atoms with E-state index in [-0.39, 0.29) is 28.3 Å². The molecular weight excluding hydrogens is 248 g/mol. The smallest absolute Gasteiger partial charge is 0.310 e. The summed E-state index contributed by atoms with van der Waals surface area (Å²) >= 11 is 5.79. The number of nitriles is 1. The molecule has 1 aromatic rings. The highest BCUT2D eigenvalue weighted by Crippen LogP contribution is 2.30. The molecular formula is C10H7ClN2O4. The quantitative estimate of drug-likeness (QED) is 0.466. The molecule has 0 spiro atoms. The molecule has 0 saturated heterocycles. The molecule has 0 aliphatic heterocycles. The van der Waals surface area contributed by atoms with Crippen LogP contribution in [-0.2, 0) is 16.0 Å². The van der Waals surface area contributed by atoms with Crippen LogP contribution in [0.15, 0.2) is 12.1 Å². The lowest BCUT2D eigenvalue weighted by molar-refractivity contribution is -0.384. The minimum Gasteiger partial charge on any atom is -0.469 e. The molecule has 0 aromatic heterocycles. The van der Waals surface area contributed by atoms with Gasteiger partial charge in [-0.25, -0.2) is 0 Å². The van der Waals surface area contributed by atoms with E-state index in [9.17, 15) is 14.9 Å². The first-order chi connectivity index (χ1) is 8.01. The van der Waals surface area contributed by atoms with Gasteiger partial charge in [0.1, 0.15) is 5.02 Å². The van der Waals surface area contributed by atoms with E-state index >= 15 is 0 Å². The van der Waals surface area contributed by atoms with Crippen LogP contribution in [0.1, 0.15) is 11.1 Å². The maximum Gasteiger partial charge on any atom is 0.310 e. The number of rotatable bonds is 3. The number of nitro benzene ring substituents is 1. The minimum atomic E-state index is -0.676. The fourth-order valence-corrected chi connectivity index (χ4v) is 1.54. The van der Waals surface area contributed by atoms with E-state index in [1.54, 1.807) is 0 Å². The molecule has 1 rings (SSSR count). The van der Waals surface area contributed by atoms with Crippen molar-refractivity contribution in [3.63, 3.8) is 0 Å². The van der Waals surface area contributed by atoms with Crippen LogP contribution >= 0.6 is 11.6 Å². The van der Waals surface area contributed by atoms with Gasteiger partial charge in [-0.05, 0) is 6.07 Å². The monoisotopic (exact) mass is 254 g/mol. The van der Waals surface area contributed by atoms with Gasteiger partial charge in [0.25, 0.3) is 5.69 Å². The van der Waals surface area contributed by atoms with Gasteiger partial charge < -0.3 is 4.74 Å². The summed E-state index contributed by atoms with van der Waals surface area (Å²) < 4.78 is 4.43. The summed E-state index contributed by atoms with van der Waals surface area (Å²) in [4.78, 5) is 21.1. The maximum absolute atomic E-state index is 11.1. The number of hydrogen-bond donors (Lipinski definition) is 0. The van der Waals surface area contributed by atoms with Crippen molar-refractivity contribution in [3.8, 4) is 6.07 Å². The molecule has 0 amide bonds. The highest BCUT2D eigenvalue weighted by Gasteiger charge is 2.21. The summed E-state index contributed by atoms with van der Waals surface area (Å²) in [5, 5.41) is 19.3. The lowest BCUT2D eigenvalue weighted by Crippen LogP contribution is -2.07. The van der Waals surface area contributed by atoms with Crippen LogP contribution in [0, 0.1) is 21.4 Å². The number of halogens is 1. The Morgan fingerprint density at radius 2 is 2.29 bits per heavy atom. The van der Waals surface area contributed by atoms with Crippen molar-refractivity contribution in [2.24, 2.45) is 0 Å². The van der Waals surface area contributed by atoms with Crippen molar-refractivity contribution in [3.05, 3.63) is 38.4 Å². The number of benzene rings is 1. The van der Waals surface area contributed by atoms with E-state index < -0.39 is 10.9 Å². The van der Waals surface area contributed by atoms with E-state index in [1.807, 2.05) is 6.07 Å². The fraction of sp³-hybridized carbons (Fsp3) is 0.200. The Hall–Kier alpha value is -2.13. The Balaban J connectivity index is 3.33. The van der Waals surface area contributed by atoms with Crippen LogP contribution in [-0.4, -0.2) is 18.0 Å². The highest BCUT2D eigenvalue weighted by atomic mass is 35.5. The largest absolute Gasteiger partial charge is 0.469 e. The summed E-state index contributed by atoms with van der Waals surface area (Å²) in [6.45, 7) is 0. The normalized spacial score (nSPS) is 9.47. The van der Waals surface area contributed by atoms with E-state index in [1.165, 1.54) is 13.2 Å². The molecule has 0 unspecified atom stereocenters. The standard InChI is InChI=1S/C10H7ClN2O4/c1-17-9(14)4-7-6(5-12)2-3-8(10(7)11)13(15)16/h2-3H,4H2,1H3. The molecule has 17 heavy (non-hydrogen) atoms. The Morgan fingerprint density at radius 1 is 1.65 bits per heavy atom. The number of carbonyl (C=O) groups excluding carboxylic acids is 1. The second-order valence-electron chi connectivity index (χ2n) is 3.05. The molecule has 6 nitrogen and oxygen atoms in total. The molecule has 0 heterocycles. The van der Waals surface area contributed by atoms with Crippen molar-refractivity contribution >= 4 is 23.3 Å². The average molecular weight is 255 g/mol. The van der Waals surface area contributed by atoms with Gasteiger partial charge in [0, 0.05) is 11.6 Å². The van der Waals surface area contributed by atoms with Gasteiger partial charge in [-0.2, -0.15) is 5.26 Å². The number of ether oxygens (including phenoxy) is 1. The Labute approximate surface area is 102 Å². The molecule has 0 aliphatic rings. The zero-order valence-corrected chi connectivity index (χ0v) is 9.52. The summed E-state index contributed by atoms with van der Waals surface area (Å²) in [7, 11) is 1.18. The van der Waals surface area contributed by atoms with Crippen LogP contribution in [0.2, 0.25) is 5.02 Å². The molecule has 0 atom stereocenters. The molecule has 0 fully saturated rings. The zero-order valence-electron chi connectivity index (χ0n) is 8.77. The summed E-state index contributed by atoms with van der Waals surface area (Å²) in [5.74, 6) is -0.621. The second-order valence-corrected chi connectivity index (χ2v) is 3.42. The van der Waals surface area contributed by atoms with E-state index in [0.29, 0.717) is 0 Å². The number of hydrogen-bond acceptors (Lipinski definition) is 5. The molecule has 1 aromatic carbocycles. The Bertz CT molecular complexity index is 522. The lowest BCUT2D eigenvalue weighted by Gasteiger charge is -2.05. The highest BCUT2D eigenvalue weighted by molar-refractivity contribution is 6.33. The predicted octanol–water partition coefficient (Wildman–Crippen LogP) is 1.84. The fourth-order valence-electron chi connectivity index (χ4n) is 1.24. The third-order valence-electron chi connectivity index (χ3n) is 2.09. The molecule has 0 saturated carbocycles. The number of methoxy groups -OCH3 is 1. The van der Waals surface area contributed by atoms with Crippen LogP contribution in [0.3, 0.4) is 0 Å². The Kier molecular flexibility index (Phi) is 4.01. The van der Waals surface area contributed by atoms with Crippen LogP contribution in [0.5, 0.6) is 0 Å². The van der Waals surface area contributed by atoms with Gasteiger partial charge in [0.05, 0.1) is 30.1 Å². The van der Waals surface area contributed by atoms with Gasteiger partial charge in [0.15, 0.2) is 0 Å². The van der Waals surface area contributed by atoms with Crippen molar-refractivity contribution < 1.29 is 14.5 Å². The van der Waals surface area contributed by atoms with Crippen molar-refractivity contribution in [2.75, 3.05) is 7.11 Å². The van der Waals surface area contributed by atoms with E-state index in [4.69, 9.17) is 16.9 Å². The van der Waals surface area contributed by atoms with Gasteiger partial charge in [-0.3, -0.25) is 14.9 Å². The van der Waals surface area contributed by atoms with Gasteiger partial charge >= 0.3 is 5.97 Å². The third kappa shape index (κ3) is 2.71. The first-order valence-corrected chi connectivity index (χ1v) is 4.81. The van der Waals surface area contributed by atoms with Crippen LogP contribution in [0.4, 0.5) is 5.69 Å². The number of carbonyl (C=O) groups is 1. The topological polar surface area (TPSA) is 93.2 Å². The third-order valence-corrected chi connectivity index (χ3v) is 2.51. The predicted molar refractivity (Wildman–Crippen MR) is 58.5 cm³/mol. The molecule has 7 heteroatoms. The molecule has 0 radical (unpaired) electrons. The summed E-state index contributed by atoms with van der Waals surface area (Å²) in [5.41, 5.74) is -0.120. The SMILES string of the molecule is COC(=O)Cc1c(C#N)ccc([N+](=O)[O-])c1Cl. The van der Waals surface area contributed by atoms with Crippen molar-refractivity contribution in [1.82, 2.24) is 0 Å². The number of esters is 1. The number of nitrogens with zero attached hydrogens (tertiary/aromatic N) is 2. The van der Waals surface area contributed by atoms with E-state index in [0.717, 1.165) is 6.07 Å².